The SMILES string of the molecule is CC1=C(CN)COc2c(F)cccc21. The highest BCUT2D eigenvalue weighted by molar-refractivity contribution is 5.73. The number of nitrogens with two attached hydrogens (primary N) is 1. The minimum Gasteiger partial charge on any atom is -0.485 e. The Kier molecular flexibility index (Phi) is 2.25. The van der Waals surface area contributed by atoms with Gasteiger partial charge >= 0.3 is 0 Å². The normalized spacial score (nSPS) is 15.1. The van der Waals surface area contributed by atoms with Gasteiger partial charge in [-0.2, -0.15) is 0 Å². The van der Waals surface area contributed by atoms with Crippen molar-refractivity contribution in [3.8, 4) is 5.75 Å². The number of hydrogen-bond acceptors (Lipinski definition) is 2. The molecule has 0 fully saturated rings. The standard InChI is InChI=1S/C11H12FNO/c1-7-8(5-13)6-14-11-9(7)3-2-4-10(11)12/h2-4H,5-6,13H2,1H3. The molecule has 0 saturated carbocycles. The van der Waals surface area contributed by atoms with Crippen molar-refractivity contribution in [2.45, 2.75) is 6.92 Å². The van der Waals surface area contributed by atoms with E-state index in [4.69, 9.17) is 10.5 Å². The number of halogens is 1. The molecular weight excluding hydrogens is 181 g/mol. The summed E-state index contributed by atoms with van der Waals surface area (Å²) >= 11 is 0. The summed E-state index contributed by atoms with van der Waals surface area (Å²) in [7, 11) is 0. The predicted molar refractivity (Wildman–Crippen MR) is 53.5 cm³/mol. The molecule has 0 spiro atoms. The Morgan fingerprint density at radius 1 is 1.50 bits per heavy atom. The van der Waals surface area contributed by atoms with Crippen molar-refractivity contribution in [2.24, 2.45) is 5.73 Å². The Bertz CT molecular complexity index is 398. The molecule has 2 nitrogen and oxygen atoms in total. The van der Waals surface area contributed by atoms with E-state index in [1.54, 1.807) is 6.07 Å². The van der Waals surface area contributed by atoms with Crippen LogP contribution in [0, 0.1) is 5.82 Å². The van der Waals surface area contributed by atoms with E-state index in [-0.39, 0.29) is 5.82 Å². The molecule has 0 aliphatic carbocycles. The van der Waals surface area contributed by atoms with E-state index < -0.39 is 0 Å². The lowest BCUT2D eigenvalue weighted by Crippen LogP contribution is -2.17. The van der Waals surface area contributed by atoms with Crippen LogP contribution in [0.2, 0.25) is 0 Å². The van der Waals surface area contributed by atoms with Crippen LogP contribution in [0.4, 0.5) is 4.39 Å². The molecule has 2 N–H and O–H groups in total. The fraction of sp³-hybridized carbons (Fsp3) is 0.273. The molecule has 14 heavy (non-hydrogen) atoms. The third-order valence-electron chi connectivity index (χ3n) is 2.54. The summed E-state index contributed by atoms with van der Waals surface area (Å²) < 4.78 is 18.6. The van der Waals surface area contributed by atoms with Crippen LogP contribution in [-0.2, 0) is 0 Å². The van der Waals surface area contributed by atoms with Crippen LogP contribution >= 0.6 is 0 Å². The molecule has 2 rings (SSSR count). The first kappa shape index (κ1) is 9.21. The van der Waals surface area contributed by atoms with Gasteiger partial charge < -0.3 is 10.5 Å². The topological polar surface area (TPSA) is 35.2 Å². The van der Waals surface area contributed by atoms with E-state index in [9.17, 15) is 4.39 Å². The van der Waals surface area contributed by atoms with Gasteiger partial charge in [0.2, 0.25) is 0 Å². The first-order chi connectivity index (χ1) is 6.74. The lowest BCUT2D eigenvalue weighted by atomic mass is 9.98. The Morgan fingerprint density at radius 3 is 3.00 bits per heavy atom. The zero-order valence-electron chi connectivity index (χ0n) is 8.01. The number of rotatable bonds is 1. The minimum absolute atomic E-state index is 0.307. The molecule has 74 valence electrons. The highest BCUT2D eigenvalue weighted by Crippen LogP contribution is 2.34. The Balaban J connectivity index is 2.58. The smallest absolute Gasteiger partial charge is 0.165 e. The van der Waals surface area contributed by atoms with Crippen LogP contribution < -0.4 is 10.5 Å². The summed E-state index contributed by atoms with van der Waals surface area (Å²) in [6.45, 7) is 2.81. The van der Waals surface area contributed by atoms with Crippen LogP contribution in [0.15, 0.2) is 23.8 Å². The number of allylic oxidation sites excluding steroid dienone is 1. The van der Waals surface area contributed by atoms with Gasteiger partial charge in [0.15, 0.2) is 11.6 Å². The molecule has 0 radical (unpaired) electrons. The molecule has 0 atom stereocenters. The van der Waals surface area contributed by atoms with Gasteiger partial charge in [-0.1, -0.05) is 12.1 Å². The maximum atomic E-state index is 13.3. The van der Waals surface area contributed by atoms with E-state index in [0.29, 0.717) is 18.9 Å². The van der Waals surface area contributed by atoms with Gasteiger partial charge in [0.1, 0.15) is 6.61 Å². The largest absolute Gasteiger partial charge is 0.485 e. The van der Waals surface area contributed by atoms with Crippen molar-refractivity contribution in [3.63, 3.8) is 0 Å². The second-order valence-electron chi connectivity index (χ2n) is 3.34. The molecule has 0 saturated heterocycles. The van der Waals surface area contributed by atoms with Crippen LogP contribution in [0.3, 0.4) is 0 Å². The van der Waals surface area contributed by atoms with E-state index in [1.165, 1.54) is 6.07 Å². The number of ether oxygens (including phenoxy) is 1. The van der Waals surface area contributed by atoms with E-state index in [2.05, 4.69) is 0 Å². The number of fused-ring (bicyclic) bond motifs is 1. The summed E-state index contributed by atoms with van der Waals surface area (Å²) in [5.41, 5.74) is 8.44. The third kappa shape index (κ3) is 1.30. The molecule has 1 heterocycles. The van der Waals surface area contributed by atoms with E-state index in [1.807, 2.05) is 13.0 Å². The van der Waals surface area contributed by atoms with Crippen LogP contribution in [0.25, 0.3) is 5.57 Å². The minimum atomic E-state index is -0.307. The van der Waals surface area contributed by atoms with Gasteiger partial charge in [-0.15, -0.1) is 0 Å². The van der Waals surface area contributed by atoms with Gasteiger partial charge in [-0.3, -0.25) is 0 Å². The van der Waals surface area contributed by atoms with Gasteiger partial charge in [0.25, 0.3) is 0 Å². The number of benzene rings is 1. The quantitative estimate of drug-likeness (QED) is 0.739. The summed E-state index contributed by atoms with van der Waals surface area (Å²) in [6.07, 6.45) is 0. The lowest BCUT2D eigenvalue weighted by molar-refractivity contribution is 0.324. The van der Waals surface area contributed by atoms with Crippen molar-refractivity contribution in [1.29, 1.82) is 0 Å². The van der Waals surface area contributed by atoms with Crippen molar-refractivity contribution < 1.29 is 9.13 Å². The van der Waals surface area contributed by atoms with Gasteiger partial charge in [-0.05, 0) is 24.1 Å². The molecule has 1 aliphatic rings. The molecule has 0 bridgehead atoms. The second-order valence-corrected chi connectivity index (χ2v) is 3.34. The highest BCUT2D eigenvalue weighted by Gasteiger charge is 2.18. The molecule has 0 unspecified atom stereocenters. The number of para-hydroxylation sites is 1. The second kappa shape index (κ2) is 3.42. The van der Waals surface area contributed by atoms with Crippen LogP contribution in [0.5, 0.6) is 5.75 Å². The van der Waals surface area contributed by atoms with Crippen LogP contribution in [0.1, 0.15) is 12.5 Å². The van der Waals surface area contributed by atoms with Crippen molar-refractivity contribution in [3.05, 3.63) is 35.2 Å². The van der Waals surface area contributed by atoms with Crippen LogP contribution in [-0.4, -0.2) is 13.2 Å². The average Bonchev–Trinajstić information content (AvgIpc) is 2.20. The summed E-state index contributed by atoms with van der Waals surface area (Å²) in [5.74, 6) is 0.0418. The monoisotopic (exact) mass is 193 g/mol. The first-order valence-electron chi connectivity index (χ1n) is 4.54. The fourth-order valence-electron chi connectivity index (χ4n) is 1.62. The molecule has 1 aromatic rings. The van der Waals surface area contributed by atoms with Crippen molar-refractivity contribution in [1.82, 2.24) is 0 Å². The zero-order chi connectivity index (χ0) is 10.1. The summed E-state index contributed by atoms with van der Waals surface area (Å²) in [4.78, 5) is 0. The fourth-order valence-corrected chi connectivity index (χ4v) is 1.62. The van der Waals surface area contributed by atoms with Gasteiger partial charge in [-0.25, -0.2) is 4.39 Å². The third-order valence-corrected chi connectivity index (χ3v) is 2.54. The van der Waals surface area contributed by atoms with E-state index in [0.717, 1.165) is 16.7 Å². The van der Waals surface area contributed by atoms with Gasteiger partial charge in [0.05, 0.1) is 0 Å². The van der Waals surface area contributed by atoms with Crippen molar-refractivity contribution >= 4 is 5.57 Å². The van der Waals surface area contributed by atoms with Crippen molar-refractivity contribution in [2.75, 3.05) is 13.2 Å². The zero-order valence-corrected chi connectivity index (χ0v) is 8.01. The molecule has 3 heteroatoms. The van der Waals surface area contributed by atoms with Gasteiger partial charge in [0, 0.05) is 12.1 Å². The first-order valence-corrected chi connectivity index (χ1v) is 4.54. The molecule has 0 amide bonds. The number of hydrogen-bond donors (Lipinski definition) is 1. The predicted octanol–water partition coefficient (Wildman–Crippen LogP) is 1.95. The Hall–Kier alpha value is -1.35. The maximum absolute atomic E-state index is 13.3. The Labute approximate surface area is 82.2 Å². The molecule has 1 aliphatic heterocycles. The molecule has 1 aromatic carbocycles. The summed E-state index contributed by atoms with van der Waals surface area (Å²) in [5, 5.41) is 0. The summed E-state index contributed by atoms with van der Waals surface area (Å²) in [6, 6.07) is 4.93. The molecule has 0 aromatic heterocycles. The highest BCUT2D eigenvalue weighted by atomic mass is 19.1. The molecular formula is C11H12FNO. The average molecular weight is 193 g/mol. The lowest BCUT2D eigenvalue weighted by Gasteiger charge is -2.21. The maximum Gasteiger partial charge on any atom is 0.165 e. The van der Waals surface area contributed by atoms with E-state index >= 15 is 0 Å². The Morgan fingerprint density at radius 2 is 2.29 bits per heavy atom.